The fraction of sp³-hybridized carbons (Fsp3) is 0.0625. The Kier molecular flexibility index (Phi) is 3.17. The zero-order chi connectivity index (χ0) is 15.0. The van der Waals surface area contributed by atoms with Gasteiger partial charge in [0.25, 0.3) is 5.91 Å². The zero-order valence-electron chi connectivity index (χ0n) is 11.1. The van der Waals surface area contributed by atoms with Gasteiger partial charge in [-0.25, -0.2) is 8.78 Å². The molecular weight excluding hydrogens is 276 g/mol. The predicted octanol–water partition coefficient (Wildman–Crippen LogP) is 4.27. The molecule has 0 unspecified atom stereocenters. The lowest BCUT2D eigenvalue weighted by molar-refractivity contribution is 0.0998. The Hall–Kier alpha value is -2.69. The van der Waals surface area contributed by atoms with E-state index in [-0.39, 0.29) is 11.4 Å². The van der Waals surface area contributed by atoms with Crippen LogP contribution < -0.4 is 5.32 Å². The Balaban J connectivity index is 1.92. The predicted molar refractivity (Wildman–Crippen MR) is 75.3 cm³/mol. The van der Waals surface area contributed by atoms with Crippen LogP contribution in [0.4, 0.5) is 14.5 Å². The van der Waals surface area contributed by atoms with Gasteiger partial charge in [-0.1, -0.05) is 18.2 Å². The molecule has 0 atom stereocenters. The SMILES string of the molecule is Cc1cccc2cc(C(=O)Nc3ccc(F)cc3F)oc12. The number of halogens is 2. The maximum Gasteiger partial charge on any atom is 0.291 e. The smallest absolute Gasteiger partial charge is 0.291 e. The van der Waals surface area contributed by atoms with Crippen molar-refractivity contribution in [3.05, 3.63) is 65.4 Å². The first-order chi connectivity index (χ1) is 10.0. The molecule has 1 aromatic heterocycles. The molecule has 0 radical (unpaired) electrons. The van der Waals surface area contributed by atoms with Crippen molar-refractivity contribution in [3.63, 3.8) is 0 Å². The number of para-hydroxylation sites is 1. The highest BCUT2D eigenvalue weighted by atomic mass is 19.1. The molecule has 1 heterocycles. The van der Waals surface area contributed by atoms with Gasteiger partial charge in [0.15, 0.2) is 5.76 Å². The first-order valence-corrected chi connectivity index (χ1v) is 6.30. The van der Waals surface area contributed by atoms with Gasteiger partial charge in [-0.05, 0) is 30.7 Å². The number of carbonyl (C=O) groups is 1. The summed E-state index contributed by atoms with van der Waals surface area (Å²) < 4.78 is 31.8. The van der Waals surface area contributed by atoms with Crippen molar-refractivity contribution >= 4 is 22.6 Å². The van der Waals surface area contributed by atoms with Crippen LogP contribution >= 0.6 is 0 Å². The lowest BCUT2D eigenvalue weighted by atomic mass is 10.2. The van der Waals surface area contributed by atoms with Gasteiger partial charge >= 0.3 is 0 Å². The van der Waals surface area contributed by atoms with Gasteiger partial charge in [0.1, 0.15) is 17.2 Å². The molecule has 21 heavy (non-hydrogen) atoms. The van der Waals surface area contributed by atoms with E-state index in [1.165, 1.54) is 0 Å². The molecule has 0 aliphatic carbocycles. The number of hydrogen-bond donors (Lipinski definition) is 1. The Morgan fingerprint density at radius 1 is 1.14 bits per heavy atom. The van der Waals surface area contributed by atoms with Gasteiger partial charge in [-0.15, -0.1) is 0 Å². The third-order valence-electron chi connectivity index (χ3n) is 3.14. The second-order valence-corrected chi connectivity index (χ2v) is 4.68. The number of benzene rings is 2. The second kappa shape index (κ2) is 5.01. The molecule has 0 spiro atoms. The molecule has 0 aliphatic rings. The van der Waals surface area contributed by atoms with Gasteiger partial charge in [0.05, 0.1) is 5.69 Å². The van der Waals surface area contributed by atoms with Crippen LogP contribution in [0.3, 0.4) is 0 Å². The van der Waals surface area contributed by atoms with Crippen molar-refractivity contribution in [1.82, 2.24) is 0 Å². The van der Waals surface area contributed by atoms with Gasteiger partial charge < -0.3 is 9.73 Å². The van der Waals surface area contributed by atoms with E-state index in [1.807, 2.05) is 25.1 Å². The Bertz CT molecular complexity index is 839. The van der Waals surface area contributed by atoms with Crippen LogP contribution in [0.2, 0.25) is 0 Å². The molecular formula is C16H11F2NO2. The summed E-state index contributed by atoms with van der Waals surface area (Å²) >= 11 is 0. The number of fused-ring (bicyclic) bond motifs is 1. The first kappa shape index (κ1) is 13.3. The molecule has 0 fully saturated rings. The summed E-state index contributed by atoms with van der Waals surface area (Å²) in [4.78, 5) is 12.1. The number of hydrogen-bond acceptors (Lipinski definition) is 2. The number of anilines is 1. The number of aryl methyl sites for hydroxylation is 1. The molecule has 0 aliphatic heterocycles. The van der Waals surface area contributed by atoms with Crippen LogP contribution in [0.1, 0.15) is 16.1 Å². The van der Waals surface area contributed by atoms with Gasteiger partial charge in [0.2, 0.25) is 0 Å². The van der Waals surface area contributed by atoms with Gasteiger partial charge in [-0.3, -0.25) is 4.79 Å². The molecule has 0 saturated heterocycles. The van der Waals surface area contributed by atoms with Crippen LogP contribution in [0.15, 0.2) is 46.9 Å². The van der Waals surface area contributed by atoms with Crippen LogP contribution in [-0.4, -0.2) is 5.91 Å². The zero-order valence-corrected chi connectivity index (χ0v) is 11.1. The quantitative estimate of drug-likeness (QED) is 0.764. The van der Waals surface area contributed by atoms with Crippen LogP contribution in [0, 0.1) is 18.6 Å². The summed E-state index contributed by atoms with van der Waals surface area (Å²) in [6, 6.07) is 10.1. The van der Waals surface area contributed by atoms with Crippen LogP contribution in [-0.2, 0) is 0 Å². The van der Waals surface area contributed by atoms with E-state index in [0.29, 0.717) is 11.6 Å². The average molecular weight is 287 g/mol. The van der Waals surface area contributed by atoms with E-state index in [0.717, 1.165) is 23.1 Å². The third-order valence-corrected chi connectivity index (χ3v) is 3.14. The number of nitrogens with one attached hydrogen (secondary N) is 1. The molecule has 0 saturated carbocycles. The molecule has 0 bridgehead atoms. The van der Waals surface area contributed by atoms with Crippen LogP contribution in [0.5, 0.6) is 0 Å². The number of carbonyl (C=O) groups excluding carboxylic acids is 1. The van der Waals surface area contributed by atoms with Gasteiger partial charge in [0, 0.05) is 11.5 Å². The maximum absolute atomic E-state index is 13.5. The summed E-state index contributed by atoms with van der Waals surface area (Å²) in [5.74, 6) is -2.06. The molecule has 3 nitrogen and oxygen atoms in total. The minimum atomic E-state index is -0.837. The lowest BCUT2D eigenvalue weighted by Gasteiger charge is -2.04. The molecule has 1 N–H and O–H groups in total. The van der Waals surface area contributed by atoms with E-state index in [4.69, 9.17) is 4.42 Å². The monoisotopic (exact) mass is 287 g/mol. The van der Waals surface area contributed by atoms with Crippen molar-refractivity contribution in [2.75, 3.05) is 5.32 Å². The third kappa shape index (κ3) is 2.50. The molecule has 3 rings (SSSR count). The van der Waals surface area contributed by atoms with E-state index in [9.17, 15) is 13.6 Å². The van der Waals surface area contributed by atoms with Crippen molar-refractivity contribution < 1.29 is 18.0 Å². The summed E-state index contributed by atoms with van der Waals surface area (Å²) in [5.41, 5.74) is 1.42. The van der Waals surface area contributed by atoms with Crippen LogP contribution in [0.25, 0.3) is 11.0 Å². The summed E-state index contributed by atoms with van der Waals surface area (Å²) in [6.45, 7) is 1.87. The fourth-order valence-electron chi connectivity index (χ4n) is 2.10. The van der Waals surface area contributed by atoms with E-state index < -0.39 is 17.5 Å². The molecule has 3 aromatic rings. The highest BCUT2D eigenvalue weighted by Gasteiger charge is 2.15. The highest BCUT2D eigenvalue weighted by molar-refractivity contribution is 6.04. The standard InChI is InChI=1S/C16H11F2NO2/c1-9-3-2-4-10-7-14(21-15(9)10)16(20)19-13-6-5-11(17)8-12(13)18/h2-8H,1H3,(H,19,20). The van der Waals surface area contributed by atoms with Crippen molar-refractivity contribution in [3.8, 4) is 0 Å². The van der Waals surface area contributed by atoms with Crippen molar-refractivity contribution in [1.29, 1.82) is 0 Å². The number of rotatable bonds is 2. The highest BCUT2D eigenvalue weighted by Crippen LogP contribution is 2.23. The molecule has 1 amide bonds. The number of furan rings is 1. The van der Waals surface area contributed by atoms with Gasteiger partial charge in [-0.2, -0.15) is 0 Å². The molecule has 2 aromatic carbocycles. The van der Waals surface area contributed by atoms with Crippen molar-refractivity contribution in [2.24, 2.45) is 0 Å². The minimum absolute atomic E-state index is 0.0722. The minimum Gasteiger partial charge on any atom is -0.451 e. The van der Waals surface area contributed by atoms with E-state index in [2.05, 4.69) is 5.32 Å². The topological polar surface area (TPSA) is 42.2 Å². The Morgan fingerprint density at radius 3 is 2.67 bits per heavy atom. The molecule has 5 heteroatoms. The van der Waals surface area contributed by atoms with E-state index >= 15 is 0 Å². The molecule has 106 valence electrons. The summed E-state index contributed by atoms with van der Waals surface area (Å²) in [6.07, 6.45) is 0. The fourth-order valence-corrected chi connectivity index (χ4v) is 2.10. The summed E-state index contributed by atoms with van der Waals surface area (Å²) in [7, 11) is 0. The number of amides is 1. The average Bonchev–Trinajstić information content (AvgIpc) is 2.87. The lowest BCUT2D eigenvalue weighted by Crippen LogP contribution is -2.12. The normalized spacial score (nSPS) is 10.8. The second-order valence-electron chi connectivity index (χ2n) is 4.68. The Morgan fingerprint density at radius 2 is 1.95 bits per heavy atom. The van der Waals surface area contributed by atoms with Crippen molar-refractivity contribution in [2.45, 2.75) is 6.92 Å². The van der Waals surface area contributed by atoms with E-state index in [1.54, 1.807) is 6.07 Å². The first-order valence-electron chi connectivity index (χ1n) is 6.30. The Labute approximate surface area is 119 Å². The maximum atomic E-state index is 13.5. The largest absolute Gasteiger partial charge is 0.451 e. The summed E-state index contributed by atoms with van der Waals surface area (Å²) in [5, 5.41) is 3.15.